The van der Waals surface area contributed by atoms with Crippen molar-refractivity contribution in [3.8, 4) is 0 Å². The van der Waals surface area contributed by atoms with E-state index in [2.05, 4.69) is 24.8 Å². The van der Waals surface area contributed by atoms with Gasteiger partial charge in [-0.25, -0.2) is 4.79 Å². The predicted octanol–water partition coefficient (Wildman–Crippen LogP) is 0.929. The van der Waals surface area contributed by atoms with E-state index in [0.29, 0.717) is 5.92 Å². The van der Waals surface area contributed by atoms with Gasteiger partial charge in [-0.1, -0.05) is 13.8 Å². The SMILES string of the molecule is COC(=O)c1cnn(C)c1S(=O)(=O)Nc1cc(CC(C)C)[nH]n1. The Morgan fingerprint density at radius 1 is 1.48 bits per heavy atom. The van der Waals surface area contributed by atoms with Crippen LogP contribution in [0.5, 0.6) is 0 Å². The van der Waals surface area contributed by atoms with Crippen molar-refractivity contribution in [2.45, 2.75) is 25.3 Å². The van der Waals surface area contributed by atoms with Gasteiger partial charge in [0.2, 0.25) is 0 Å². The van der Waals surface area contributed by atoms with E-state index in [4.69, 9.17) is 0 Å². The molecule has 0 unspecified atom stereocenters. The molecule has 0 aliphatic carbocycles. The Balaban J connectivity index is 2.31. The Hall–Kier alpha value is -2.36. The highest BCUT2D eigenvalue weighted by Crippen LogP contribution is 2.19. The highest BCUT2D eigenvalue weighted by Gasteiger charge is 2.28. The van der Waals surface area contributed by atoms with Crippen molar-refractivity contribution >= 4 is 21.8 Å². The van der Waals surface area contributed by atoms with Gasteiger partial charge in [-0.2, -0.15) is 18.6 Å². The fourth-order valence-electron chi connectivity index (χ4n) is 2.14. The number of aromatic amines is 1. The quantitative estimate of drug-likeness (QED) is 0.754. The zero-order valence-corrected chi connectivity index (χ0v) is 14.1. The summed E-state index contributed by atoms with van der Waals surface area (Å²) in [5.41, 5.74) is 0.677. The Kier molecular flexibility index (Phi) is 4.73. The van der Waals surface area contributed by atoms with Gasteiger partial charge in [0.25, 0.3) is 10.0 Å². The Bertz CT molecular complexity index is 806. The summed E-state index contributed by atoms with van der Waals surface area (Å²) in [4.78, 5) is 11.7. The van der Waals surface area contributed by atoms with Crippen LogP contribution in [0, 0.1) is 5.92 Å². The van der Waals surface area contributed by atoms with Crippen LogP contribution in [0.15, 0.2) is 17.3 Å². The number of carbonyl (C=O) groups excluding carboxylic acids is 1. The Labute approximate surface area is 134 Å². The molecule has 0 saturated heterocycles. The topological polar surface area (TPSA) is 119 Å². The fraction of sp³-hybridized carbons (Fsp3) is 0.462. The largest absolute Gasteiger partial charge is 0.465 e. The maximum absolute atomic E-state index is 12.5. The number of anilines is 1. The van der Waals surface area contributed by atoms with Crippen LogP contribution in [-0.4, -0.2) is 41.5 Å². The maximum Gasteiger partial charge on any atom is 0.342 e. The van der Waals surface area contributed by atoms with E-state index < -0.39 is 16.0 Å². The molecule has 0 radical (unpaired) electrons. The number of esters is 1. The summed E-state index contributed by atoms with van der Waals surface area (Å²) in [5.74, 6) is -0.221. The maximum atomic E-state index is 12.5. The third-order valence-electron chi connectivity index (χ3n) is 3.04. The number of rotatable bonds is 6. The molecule has 0 amide bonds. The first-order valence-electron chi connectivity index (χ1n) is 6.92. The van der Waals surface area contributed by atoms with E-state index in [-0.39, 0.29) is 16.4 Å². The molecule has 0 saturated carbocycles. The first kappa shape index (κ1) is 17.0. The zero-order valence-electron chi connectivity index (χ0n) is 13.3. The van der Waals surface area contributed by atoms with Crippen LogP contribution >= 0.6 is 0 Å². The molecule has 23 heavy (non-hydrogen) atoms. The van der Waals surface area contributed by atoms with E-state index in [1.807, 2.05) is 13.8 Å². The van der Waals surface area contributed by atoms with Crippen molar-refractivity contribution < 1.29 is 17.9 Å². The van der Waals surface area contributed by atoms with Gasteiger partial charge in [0.05, 0.1) is 13.3 Å². The summed E-state index contributed by atoms with van der Waals surface area (Å²) in [6.45, 7) is 4.09. The predicted molar refractivity (Wildman–Crippen MR) is 82.5 cm³/mol. The summed E-state index contributed by atoms with van der Waals surface area (Å²) in [7, 11) is -1.44. The number of H-pyrrole nitrogens is 1. The number of sulfonamides is 1. The number of nitrogens with zero attached hydrogens (tertiary/aromatic N) is 3. The normalized spacial score (nSPS) is 11.7. The summed E-state index contributed by atoms with van der Waals surface area (Å²) in [5, 5.41) is 10.2. The lowest BCUT2D eigenvalue weighted by molar-refractivity contribution is 0.0596. The summed E-state index contributed by atoms with van der Waals surface area (Å²) >= 11 is 0. The molecule has 0 atom stereocenters. The summed E-state index contributed by atoms with van der Waals surface area (Å²) < 4.78 is 33.1. The van der Waals surface area contributed by atoms with Crippen LogP contribution in [-0.2, 0) is 28.2 Å². The average molecular weight is 341 g/mol. The number of aromatic nitrogens is 4. The molecule has 0 spiro atoms. The Morgan fingerprint density at radius 2 is 2.17 bits per heavy atom. The third-order valence-corrected chi connectivity index (χ3v) is 4.51. The lowest BCUT2D eigenvalue weighted by Crippen LogP contribution is -2.20. The highest BCUT2D eigenvalue weighted by atomic mass is 32.2. The smallest absolute Gasteiger partial charge is 0.342 e. The van der Waals surface area contributed by atoms with Crippen LogP contribution in [0.3, 0.4) is 0 Å². The molecule has 2 aromatic heterocycles. The van der Waals surface area contributed by atoms with Gasteiger partial charge in [0.1, 0.15) is 5.56 Å². The lowest BCUT2D eigenvalue weighted by atomic mass is 10.1. The van der Waals surface area contributed by atoms with Gasteiger partial charge in [-0.05, 0) is 12.3 Å². The molecule has 2 heterocycles. The van der Waals surface area contributed by atoms with Gasteiger partial charge < -0.3 is 4.74 Å². The van der Waals surface area contributed by atoms with Crippen molar-refractivity contribution in [1.29, 1.82) is 0 Å². The molecule has 2 N–H and O–H groups in total. The van der Waals surface area contributed by atoms with Gasteiger partial charge in [-0.15, -0.1) is 0 Å². The van der Waals surface area contributed by atoms with Gasteiger partial charge in [0, 0.05) is 18.8 Å². The number of carbonyl (C=O) groups is 1. The number of nitrogens with one attached hydrogen (secondary N) is 2. The number of ether oxygens (including phenoxy) is 1. The second kappa shape index (κ2) is 6.41. The molecule has 2 aromatic rings. The van der Waals surface area contributed by atoms with Crippen LogP contribution in [0.25, 0.3) is 0 Å². The molecular weight excluding hydrogens is 322 g/mol. The van der Waals surface area contributed by atoms with E-state index in [1.165, 1.54) is 14.2 Å². The molecular formula is C13H19N5O4S. The summed E-state index contributed by atoms with van der Waals surface area (Å²) in [6, 6.07) is 1.62. The number of hydrogen-bond donors (Lipinski definition) is 2. The lowest BCUT2D eigenvalue weighted by Gasteiger charge is -2.07. The number of methoxy groups -OCH3 is 1. The molecule has 126 valence electrons. The van der Waals surface area contributed by atoms with Crippen LogP contribution in [0.2, 0.25) is 0 Å². The van der Waals surface area contributed by atoms with Crippen molar-refractivity contribution in [2.24, 2.45) is 13.0 Å². The second-order valence-corrected chi connectivity index (χ2v) is 7.06. The van der Waals surface area contributed by atoms with Crippen molar-refractivity contribution in [3.63, 3.8) is 0 Å². The monoisotopic (exact) mass is 341 g/mol. The standard InChI is InChI=1S/C13H19N5O4S/c1-8(2)5-9-6-11(16-15-9)17-23(20,21)12-10(13(19)22-4)7-14-18(12)3/h6-8H,5H2,1-4H3,(H2,15,16,17). The first-order chi connectivity index (χ1) is 10.7. The minimum atomic E-state index is -4.03. The van der Waals surface area contributed by atoms with Crippen molar-refractivity contribution in [3.05, 3.63) is 23.5 Å². The average Bonchev–Trinajstić information content (AvgIpc) is 3.03. The fourth-order valence-corrected chi connectivity index (χ4v) is 3.44. The molecule has 9 nitrogen and oxygen atoms in total. The van der Waals surface area contributed by atoms with E-state index in [9.17, 15) is 13.2 Å². The van der Waals surface area contributed by atoms with Crippen LogP contribution < -0.4 is 4.72 Å². The van der Waals surface area contributed by atoms with E-state index >= 15 is 0 Å². The molecule has 0 bridgehead atoms. The van der Waals surface area contributed by atoms with E-state index in [0.717, 1.165) is 23.0 Å². The molecule has 0 aliphatic rings. The van der Waals surface area contributed by atoms with Gasteiger partial charge >= 0.3 is 5.97 Å². The molecule has 10 heteroatoms. The van der Waals surface area contributed by atoms with Crippen molar-refractivity contribution in [1.82, 2.24) is 20.0 Å². The molecule has 0 fully saturated rings. The van der Waals surface area contributed by atoms with Crippen LogP contribution in [0.4, 0.5) is 5.82 Å². The number of hydrogen-bond acceptors (Lipinski definition) is 6. The van der Waals surface area contributed by atoms with Crippen LogP contribution in [0.1, 0.15) is 29.9 Å². The Morgan fingerprint density at radius 3 is 2.78 bits per heavy atom. The third kappa shape index (κ3) is 3.70. The second-order valence-electron chi connectivity index (χ2n) is 5.46. The summed E-state index contributed by atoms with van der Waals surface area (Å²) in [6.07, 6.45) is 1.89. The molecule has 0 aromatic carbocycles. The number of aryl methyl sites for hydroxylation is 1. The highest BCUT2D eigenvalue weighted by molar-refractivity contribution is 7.92. The van der Waals surface area contributed by atoms with Gasteiger partial charge in [-0.3, -0.25) is 14.5 Å². The molecule has 0 aliphatic heterocycles. The minimum absolute atomic E-state index is 0.138. The van der Waals surface area contributed by atoms with Gasteiger partial charge in [0.15, 0.2) is 10.8 Å². The minimum Gasteiger partial charge on any atom is -0.465 e. The zero-order chi connectivity index (χ0) is 17.2. The van der Waals surface area contributed by atoms with E-state index in [1.54, 1.807) is 6.07 Å². The molecule has 2 rings (SSSR count). The van der Waals surface area contributed by atoms with Crippen molar-refractivity contribution in [2.75, 3.05) is 11.8 Å². The first-order valence-corrected chi connectivity index (χ1v) is 8.40.